The summed E-state index contributed by atoms with van der Waals surface area (Å²) in [5.41, 5.74) is 3.56. The Bertz CT molecular complexity index is 1090. The molecule has 0 atom stereocenters. The number of anilines is 2. The van der Waals surface area contributed by atoms with Gasteiger partial charge in [-0.1, -0.05) is 6.92 Å². The maximum absolute atomic E-state index is 11.4. The van der Waals surface area contributed by atoms with E-state index in [1.807, 2.05) is 12.1 Å². The highest BCUT2D eigenvalue weighted by Gasteiger charge is 2.17. The van der Waals surface area contributed by atoms with Gasteiger partial charge in [0.1, 0.15) is 11.2 Å². The van der Waals surface area contributed by atoms with Crippen LogP contribution in [-0.2, 0) is 6.42 Å². The first-order valence-corrected chi connectivity index (χ1v) is 8.90. The summed E-state index contributed by atoms with van der Waals surface area (Å²) in [6.07, 6.45) is 2.52. The molecule has 25 heavy (non-hydrogen) atoms. The molecular formula is C18H17N5OS. The van der Waals surface area contributed by atoms with Crippen molar-refractivity contribution in [2.75, 3.05) is 5.32 Å². The number of nitrogens with one attached hydrogen (secondary N) is 1. The number of carbonyl (C=O) groups is 1. The Morgan fingerprint density at radius 2 is 2.04 bits per heavy atom. The molecule has 0 radical (unpaired) electrons. The Kier molecular flexibility index (Phi) is 3.73. The lowest BCUT2D eigenvalue weighted by atomic mass is 10.1. The fraction of sp³-hybridized carbons (Fsp3) is 0.222. The largest absolute Gasteiger partial charge is 0.324 e. The third-order valence-electron chi connectivity index (χ3n) is 4.28. The predicted molar refractivity (Wildman–Crippen MR) is 100 cm³/mol. The lowest BCUT2D eigenvalue weighted by Crippen LogP contribution is -2.03. The van der Waals surface area contributed by atoms with Gasteiger partial charge in [-0.2, -0.15) is 9.61 Å². The van der Waals surface area contributed by atoms with Crippen LogP contribution < -0.4 is 5.32 Å². The highest BCUT2D eigenvalue weighted by atomic mass is 32.1. The quantitative estimate of drug-likeness (QED) is 0.559. The van der Waals surface area contributed by atoms with Gasteiger partial charge in [-0.3, -0.25) is 4.79 Å². The van der Waals surface area contributed by atoms with E-state index in [0.717, 1.165) is 28.0 Å². The number of hydrogen-bond donors (Lipinski definition) is 1. The molecule has 0 bridgehead atoms. The van der Waals surface area contributed by atoms with Crippen molar-refractivity contribution in [2.45, 2.75) is 27.2 Å². The molecule has 3 aromatic heterocycles. The Labute approximate surface area is 148 Å². The molecule has 1 aromatic carbocycles. The van der Waals surface area contributed by atoms with E-state index in [1.54, 1.807) is 41.2 Å². The van der Waals surface area contributed by atoms with E-state index in [0.29, 0.717) is 11.5 Å². The van der Waals surface area contributed by atoms with Crippen LogP contribution >= 0.6 is 11.3 Å². The van der Waals surface area contributed by atoms with Gasteiger partial charge in [0.2, 0.25) is 5.95 Å². The van der Waals surface area contributed by atoms with Crippen molar-refractivity contribution in [1.82, 2.24) is 19.6 Å². The van der Waals surface area contributed by atoms with Gasteiger partial charge < -0.3 is 5.32 Å². The summed E-state index contributed by atoms with van der Waals surface area (Å²) in [7, 11) is 0. The minimum atomic E-state index is 0.0471. The van der Waals surface area contributed by atoms with Crippen molar-refractivity contribution in [1.29, 1.82) is 0 Å². The maximum atomic E-state index is 11.4. The van der Waals surface area contributed by atoms with E-state index < -0.39 is 0 Å². The van der Waals surface area contributed by atoms with E-state index in [1.165, 1.54) is 10.4 Å². The average Bonchev–Trinajstić information content (AvgIpc) is 3.20. The van der Waals surface area contributed by atoms with Crippen molar-refractivity contribution in [3.8, 4) is 0 Å². The van der Waals surface area contributed by atoms with Crippen LogP contribution in [0.25, 0.3) is 15.9 Å². The summed E-state index contributed by atoms with van der Waals surface area (Å²) in [5, 5.41) is 8.67. The van der Waals surface area contributed by atoms with Crippen LogP contribution in [0.5, 0.6) is 0 Å². The number of benzene rings is 1. The van der Waals surface area contributed by atoms with Gasteiger partial charge in [0.15, 0.2) is 11.4 Å². The Balaban J connectivity index is 1.83. The van der Waals surface area contributed by atoms with Crippen LogP contribution in [0.15, 0.2) is 30.6 Å². The molecule has 0 amide bonds. The number of aryl methyl sites for hydroxylation is 2. The number of Topliss-reactive ketones (excluding diaryl/α,β-unsaturated/α-hetero) is 1. The number of thiophene rings is 1. The van der Waals surface area contributed by atoms with Crippen molar-refractivity contribution in [3.63, 3.8) is 0 Å². The van der Waals surface area contributed by atoms with Gasteiger partial charge >= 0.3 is 0 Å². The second-order valence-corrected chi connectivity index (χ2v) is 6.96. The number of hydrogen-bond acceptors (Lipinski definition) is 6. The second-order valence-electron chi connectivity index (χ2n) is 5.87. The molecule has 3 heterocycles. The highest BCUT2D eigenvalue weighted by molar-refractivity contribution is 7.19. The molecule has 0 aliphatic carbocycles. The molecule has 0 unspecified atom stereocenters. The number of aromatic nitrogens is 4. The standard InChI is InChI=1S/C18H17N5OS/c1-4-14-10(2)15-16-19-9-20-23(16)18(22-17(15)25-14)21-13-7-5-12(6-8-13)11(3)24/h5-9H,4H2,1-3H3,(H,21,22). The molecule has 0 spiro atoms. The van der Waals surface area contributed by atoms with Crippen molar-refractivity contribution in [3.05, 3.63) is 46.6 Å². The molecule has 4 aromatic rings. The molecular weight excluding hydrogens is 334 g/mol. The van der Waals surface area contributed by atoms with Gasteiger partial charge in [-0.05, 0) is 50.1 Å². The number of ketones is 1. The number of rotatable bonds is 4. The number of fused-ring (bicyclic) bond motifs is 3. The van der Waals surface area contributed by atoms with Crippen molar-refractivity contribution >= 4 is 44.6 Å². The molecule has 126 valence electrons. The van der Waals surface area contributed by atoms with E-state index in [9.17, 15) is 4.79 Å². The Morgan fingerprint density at radius 3 is 2.72 bits per heavy atom. The van der Waals surface area contributed by atoms with Crippen LogP contribution in [0, 0.1) is 6.92 Å². The van der Waals surface area contributed by atoms with Crippen molar-refractivity contribution in [2.24, 2.45) is 0 Å². The molecule has 4 rings (SSSR count). The molecule has 1 N–H and O–H groups in total. The molecule has 0 saturated heterocycles. The van der Waals surface area contributed by atoms with Crippen molar-refractivity contribution < 1.29 is 4.79 Å². The monoisotopic (exact) mass is 351 g/mol. The summed E-state index contributed by atoms with van der Waals surface area (Å²) in [6, 6.07) is 7.32. The first-order valence-electron chi connectivity index (χ1n) is 8.08. The van der Waals surface area contributed by atoms with E-state index >= 15 is 0 Å². The van der Waals surface area contributed by atoms with E-state index in [4.69, 9.17) is 4.98 Å². The van der Waals surface area contributed by atoms with E-state index in [-0.39, 0.29) is 5.78 Å². The third-order valence-corrected chi connectivity index (χ3v) is 5.61. The second kappa shape index (κ2) is 5.93. The smallest absolute Gasteiger partial charge is 0.231 e. The highest BCUT2D eigenvalue weighted by Crippen LogP contribution is 2.33. The molecule has 7 heteroatoms. The van der Waals surface area contributed by atoms with Crippen LogP contribution in [-0.4, -0.2) is 25.4 Å². The van der Waals surface area contributed by atoms with Crippen LogP contribution in [0.1, 0.15) is 34.6 Å². The zero-order chi connectivity index (χ0) is 17.6. The van der Waals surface area contributed by atoms with Crippen LogP contribution in [0.2, 0.25) is 0 Å². The average molecular weight is 351 g/mol. The van der Waals surface area contributed by atoms with Gasteiger partial charge in [0, 0.05) is 16.1 Å². The lowest BCUT2D eigenvalue weighted by Gasteiger charge is -2.08. The maximum Gasteiger partial charge on any atom is 0.231 e. The van der Waals surface area contributed by atoms with Gasteiger partial charge in [0.05, 0.1) is 5.39 Å². The van der Waals surface area contributed by atoms with E-state index in [2.05, 4.69) is 29.2 Å². The number of carbonyl (C=O) groups excluding carboxylic acids is 1. The summed E-state index contributed by atoms with van der Waals surface area (Å²) in [4.78, 5) is 22.9. The molecule has 6 nitrogen and oxygen atoms in total. The molecule has 0 fully saturated rings. The molecule has 0 aliphatic heterocycles. The van der Waals surface area contributed by atoms with Gasteiger partial charge in [0.25, 0.3) is 0 Å². The first kappa shape index (κ1) is 15.7. The minimum Gasteiger partial charge on any atom is -0.324 e. The SMILES string of the molecule is CCc1sc2nc(Nc3ccc(C(C)=O)cc3)n3ncnc3c2c1C. The molecule has 0 saturated carbocycles. The fourth-order valence-electron chi connectivity index (χ4n) is 2.93. The summed E-state index contributed by atoms with van der Waals surface area (Å²) >= 11 is 1.70. The summed E-state index contributed by atoms with van der Waals surface area (Å²) < 4.78 is 1.72. The van der Waals surface area contributed by atoms with Gasteiger partial charge in [-0.25, -0.2) is 9.97 Å². The van der Waals surface area contributed by atoms with Gasteiger partial charge in [-0.15, -0.1) is 11.3 Å². The summed E-state index contributed by atoms with van der Waals surface area (Å²) in [5.74, 6) is 0.658. The summed E-state index contributed by atoms with van der Waals surface area (Å²) in [6.45, 7) is 5.82. The first-order chi connectivity index (χ1) is 12.1. The topological polar surface area (TPSA) is 72.2 Å². The molecule has 0 aliphatic rings. The zero-order valence-corrected chi connectivity index (χ0v) is 15.0. The number of nitrogens with zero attached hydrogens (tertiary/aromatic N) is 4. The fourth-order valence-corrected chi connectivity index (χ4v) is 4.04. The lowest BCUT2D eigenvalue weighted by molar-refractivity contribution is 0.101. The predicted octanol–water partition coefficient (Wildman–Crippen LogP) is 4.16. The van der Waals surface area contributed by atoms with Crippen LogP contribution in [0.3, 0.4) is 0 Å². The third kappa shape index (κ3) is 2.56. The normalized spacial score (nSPS) is 11.3. The Hall–Kier alpha value is -2.80. The van der Waals surface area contributed by atoms with Crippen LogP contribution in [0.4, 0.5) is 11.6 Å². The Morgan fingerprint density at radius 1 is 1.28 bits per heavy atom. The zero-order valence-electron chi connectivity index (χ0n) is 14.2. The minimum absolute atomic E-state index is 0.0471.